The van der Waals surface area contributed by atoms with Crippen LogP contribution in [0.1, 0.15) is 68.7 Å². The van der Waals surface area contributed by atoms with Crippen molar-refractivity contribution in [2.45, 2.75) is 65.8 Å². The third-order valence-corrected chi connectivity index (χ3v) is 7.83. The number of thioether (sulfide) groups is 1. The molecule has 5 nitrogen and oxygen atoms in total. The van der Waals surface area contributed by atoms with E-state index < -0.39 is 0 Å². The Morgan fingerprint density at radius 3 is 2.76 bits per heavy atom. The van der Waals surface area contributed by atoms with Gasteiger partial charge in [0.05, 0.1) is 17.7 Å². The van der Waals surface area contributed by atoms with Gasteiger partial charge in [-0.3, -0.25) is 4.79 Å². The Hall–Kier alpha value is -2.73. The summed E-state index contributed by atoms with van der Waals surface area (Å²) in [5.74, 6) is 1.08. The van der Waals surface area contributed by atoms with Crippen LogP contribution >= 0.6 is 11.8 Å². The quantitative estimate of drug-likeness (QED) is 0.487. The van der Waals surface area contributed by atoms with E-state index in [1.807, 2.05) is 18.2 Å². The first-order valence-electron chi connectivity index (χ1n) is 12.0. The summed E-state index contributed by atoms with van der Waals surface area (Å²) in [6, 6.07) is 10.4. The molecule has 0 saturated carbocycles. The first kappa shape index (κ1) is 24.4. The molecule has 4 rings (SSSR count). The summed E-state index contributed by atoms with van der Waals surface area (Å²) in [4.78, 5) is 20.6. The number of nitrogens with one attached hydrogen (secondary N) is 1. The molecule has 1 fully saturated rings. The van der Waals surface area contributed by atoms with Crippen LogP contribution in [-0.2, 0) is 4.79 Å². The van der Waals surface area contributed by atoms with Crippen LogP contribution in [0.15, 0.2) is 40.2 Å². The lowest BCUT2D eigenvalue weighted by molar-refractivity contribution is -0.115. The van der Waals surface area contributed by atoms with Crippen LogP contribution in [0, 0.1) is 13.8 Å². The maximum atomic E-state index is 12.8. The van der Waals surface area contributed by atoms with Gasteiger partial charge in [-0.25, -0.2) is 4.99 Å². The molecule has 0 spiro atoms. The maximum absolute atomic E-state index is 12.8. The molecule has 1 atom stereocenters. The van der Waals surface area contributed by atoms with E-state index >= 15 is 0 Å². The van der Waals surface area contributed by atoms with Crippen LogP contribution in [0.4, 0.5) is 11.4 Å². The molecule has 2 aromatic carbocycles. The number of hydrogen-bond donors (Lipinski definition) is 1. The number of carbonyl (C=O) groups excluding carboxylic acids is 1. The number of fused-ring (bicyclic) bond motifs is 1. The lowest BCUT2D eigenvalue weighted by Crippen LogP contribution is -2.48. The Labute approximate surface area is 207 Å². The van der Waals surface area contributed by atoms with Gasteiger partial charge in [0.25, 0.3) is 5.91 Å². The van der Waals surface area contributed by atoms with Gasteiger partial charge in [-0.1, -0.05) is 26.0 Å². The summed E-state index contributed by atoms with van der Waals surface area (Å²) in [6.45, 7) is 14.3. The fourth-order valence-corrected chi connectivity index (χ4v) is 5.88. The topological polar surface area (TPSA) is 53.9 Å². The molecular weight excluding hydrogens is 442 g/mol. The van der Waals surface area contributed by atoms with Gasteiger partial charge in [0.2, 0.25) is 0 Å². The number of aliphatic imine (C=N–C) groups is 1. The van der Waals surface area contributed by atoms with Crippen molar-refractivity contribution >= 4 is 40.3 Å². The van der Waals surface area contributed by atoms with Gasteiger partial charge in [-0.2, -0.15) is 0 Å². The van der Waals surface area contributed by atoms with Crippen LogP contribution in [0.5, 0.6) is 5.75 Å². The summed E-state index contributed by atoms with van der Waals surface area (Å²) in [5, 5.41) is 3.52. The average molecular weight is 478 g/mol. The van der Waals surface area contributed by atoms with Gasteiger partial charge in [-0.05, 0) is 93.1 Å². The standard InChI is InChI=1S/C28H35N3O2S/c1-8-12-31-23-15-24(33-7)20(13-21(23)18(3)16-28(31,5)6)14-25-26(32)30-27(34-25)29-22-11-9-10-17(2)19(22)4/h9-11,13-15,18H,8,12,16H2,1-7H3,(H,29,30,32)/b25-14+. The number of aryl methyl sites for hydroxylation is 1. The second-order valence-electron chi connectivity index (χ2n) is 9.92. The number of amidine groups is 1. The highest BCUT2D eigenvalue weighted by atomic mass is 32.2. The summed E-state index contributed by atoms with van der Waals surface area (Å²) in [5.41, 5.74) is 6.75. The number of carbonyl (C=O) groups is 1. The molecule has 180 valence electrons. The minimum Gasteiger partial charge on any atom is -0.496 e. The van der Waals surface area contributed by atoms with Crippen molar-refractivity contribution < 1.29 is 9.53 Å². The number of rotatable bonds is 5. The Bertz CT molecular complexity index is 1180. The summed E-state index contributed by atoms with van der Waals surface area (Å²) < 4.78 is 5.80. The van der Waals surface area contributed by atoms with E-state index in [1.54, 1.807) is 7.11 Å². The van der Waals surface area contributed by atoms with Crippen molar-refractivity contribution in [1.29, 1.82) is 0 Å². The van der Waals surface area contributed by atoms with Crippen LogP contribution in [0.25, 0.3) is 6.08 Å². The zero-order chi connectivity index (χ0) is 24.6. The SMILES string of the molecule is CCCN1c2cc(OC)c(/C=C3/SC(=Nc4cccc(C)c4C)NC3=O)cc2C(C)CC1(C)C. The van der Waals surface area contributed by atoms with Gasteiger partial charge in [0, 0.05) is 29.4 Å². The van der Waals surface area contributed by atoms with Crippen LogP contribution in [0.2, 0.25) is 0 Å². The smallest absolute Gasteiger partial charge is 0.264 e. The first-order valence-corrected chi connectivity index (χ1v) is 12.8. The number of ether oxygens (including phenoxy) is 1. The van der Waals surface area contributed by atoms with Crippen molar-refractivity contribution in [2.75, 3.05) is 18.6 Å². The largest absolute Gasteiger partial charge is 0.496 e. The molecule has 2 heterocycles. The average Bonchev–Trinajstić information content (AvgIpc) is 3.12. The van der Waals surface area contributed by atoms with E-state index in [9.17, 15) is 4.79 Å². The molecule has 0 aromatic heterocycles. The van der Waals surface area contributed by atoms with Gasteiger partial charge < -0.3 is 15.0 Å². The monoisotopic (exact) mass is 477 g/mol. The van der Waals surface area contributed by atoms with Gasteiger partial charge in [0.15, 0.2) is 5.17 Å². The van der Waals surface area contributed by atoms with Crippen LogP contribution in [0.3, 0.4) is 0 Å². The van der Waals surface area contributed by atoms with E-state index in [2.05, 4.69) is 70.0 Å². The zero-order valence-corrected chi connectivity index (χ0v) is 22.1. The molecule has 1 unspecified atom stereocenters. The molecule has 2 aliphatic heterocycles. The second kappa shape index (κ2) is 9.49. The highest BCUT2D eigenvalue weighted by Gasteiger charge is 2.36. The Balaban J connectivity index is 1.71. The van der Waals surface area contributed by atoms with Crippen molar-refractivity contribution in [3.63, 3.8) is 0 Å². The Kier molecular flexibility index (Phi) is 6.81. The molecular formula is C28H35N3O2S. The molecule has 34 heavy (non-hydrogen) atoms. The maximum Gasteiger partial charge on any atom is 0.264 e. The number of anilines is 1. The second-order valence-corrected chi connectivity index (χ2v) is 11.0. The highest BCUT2D eigenvalue weighted by molar-refractivity contribution is 8.18. The Morgan fingerprint density at radius 1 is 1.29 bits per heavy atom. The van der Waals surface area contributed by atoms with Crippen LogP contribution in [-0.4, -0.2) is 30.3 Å². The lowest BCUT2D eigenvalue weighted by Gasteiger charge is -2.47. The van der Waals surface area contributed by atoms with Crippen molar-refractivity contribution in [3.8, 4) is 5.75 Å². The molecule has 6 heteroatoms. The molecule has 1 amide bonds. The number of nitrogens with zero attached hydrogens (tertiary/aromatic N) is 2. The predicted molar refractivity (Wildman–Crippen MR) is 144 cm³/mol. The summed E-state index contributed by atoms with van der Waals surface area (Å²) in [7, 11) is 1.69. The number of hydrogen-bond acceptors (Lipinski definition) is 5. The molecule has 1 N–H and O–H groups in total. The van der Waals surface area contributed by atoms with E-state index in [0.717, 1.165) is 42.0 Å². The summed E-state index contributed by atoms with van der Waals surface area (Å²) >= 11 is 1.37. The van der Waals surface area contributed by atoms with E-state index in [0.29, 0.717) is 16.0 Å². The van der Waals surface area contributed by atoms with Crippen molar-refractivity contribution in [3.05, 3.63) is 57.5 Å². The fraction of sp³-hybridized carbons (Fsp3) is 0.429. The van der Waals surface area contributed by atoms with Crippen LogP contribution < -0.4 is 15.0 Å². The molecule has 0 radical (unpaired) electrons. The van der Waals surface area contributed by atoms with E-state index in [4.69, 9.17) is 9.73 Å². The zero-order valence-electron chi connectivity index (χ0n) is 21.3. The minimum absolute atomic E-state index is 0.0912. The third-order valence-electron chi connectivity index (χ3n) is 6.92. The van der Waals surface area contributed by atoms with Crippen molar-refractivity contribution in [2.24, 2.45) is 4.99 Å². The molecule has 2 aliphatic rings. The van der Waals surface area contributed by atoms with Gasteiger partial charge in [0.1, 0.15) is 5.75 Å². The van der Waals surface area contributed by atoms with E-state index in [-0.39, 0.29) is 11.4 Å². The lowest BCUT2D eigenvalue weighted by atomic mass is 9.79. The summed E-state index contributed by atoms with van der Waals surface area (Å²) in [6.07, 6.45) is 4.11. The fourth-order valence-electron chi connectivity index (χ4n) is 5.05. The molecule has 0 bridgehead atoms. The number of amides is 1. The normalized spacial score (nSPS) is 21.7. The first-order chi connectivity index (χ1) is 16.1. The van der Waals surface area contributed by atoms with Gasteiger partial charge >= 0.3 is 0 Å². The number of methoxy groups -OCH3 is 1. The minimum atomic E-state index is -0.129. The molecule has 1 saturated heterocycles. The van der Waals surface area contributed by atoms with Gasteiger partial charge in [-0.15, -0.1) is 0 Å². The molecule has 2 aromatic rings. The highest BCUT2D eigenvalue weighted by Crippen LogP contribution is 2.46. The predicted octanol–water partition coefficient (Wildman–Crippen LogP) is 6.71. The number of benzene rings is 2. The van der Waals surface area contributed by atoms with Crippen molar-refractivity contribution in [1.82, 2.24) is 5.32 Å². The van der Waals surface area contributed by atoms with E-state index in [1.165, 1.54) is 28.6 Å². The molecule has 0 aliphatic carbocycles. The third kappa shape index (κ3) is 4.61. The Morgan fingerprint density at radius 2 is 2.06 bits per heavy atom.